The van der Waals surface area contributed by atoms with Crippen LogP contribution in [0.2, 0.25) is 10.6 Å². The molecule has 0 bridgehead atoms. The Balaban J connectivity index is 4.71. The topological polar surface area (TPSA) is 21.6 Å². The van der Waals surface area contributed by atoms with E-state index in [1.807, 2.05) is 0 Å². The van der Waals surface area contributed by atoms with E-state index in [1.54, 1.807) is 0 Å². The number of hydrogen-bond donors (Lipinski definition) is 0. The Bertz CT molecular complexity index is 255. The lowest BCUT2D eigenvalue weighted by molar-refractivity contribution is 0.415. The highest BCUT2D eigenvalue weighted by molar-refractivity contribution is 6.51. The lowest BCUT2D eigenvalue weighted by Gasteiger charge is -2.15. The molecule has 17 heavy (non-hydrogen) atoms. The third kappa shape index (κ3) is 7.63. The Hall–Kier alpha value is -0.258. The predicted molar refractivity (Wildman–Crippen MR) is 79.0 cm³/mol. The highest BCUT2D eigenvalue weighted by atomic mass is 27.2. The van der Waals surface area contributed by atoms with Crippen molar-refractivity contribution in [3.63, 3.8) is 0 Å². The van der Waals surface area contributed by atoms with Gasteiger partial charge in [0.05, 0.1) is 5.76 Å². The van der Waals surface area contributed by atoms with Gasteiger partial charge in [0, 0.05) is 11.8 Å². The molecule has 0 aliphatic heterocycles. The van der Waals surface area contributed by atoms with Crippen molar-refractivity contribution in [1.29, 1.82) is 0 Å². The van der Waals surface area contributed by atoms with Gasteiger partial charge in [-0.2, -0.15) is 0 Å². The van der Waals surface area contributed by atoms with Crippen LogP contribution in [0, 0.1) is 0 Å². The Kier molecular flexibility index (Phi) is 9.59. The van der Waals surface area contributed by atoms with Gasteiger partial charge in [0.2, 0.25) is 0 Å². The second-order valence-corrected chi connectivity index (χ2v) is 7.70. The van der Waals surface area contributed by atoms with Gasteiger partial charge in [-0.1, -0.05) is 38.3 Å². The van der Waals surface area contributed by atoms with Crippen LogP contribution in [0.4, 0.5) is 0 Å². The smallest absolute Gasteiger partial charge is 0.546 e. The zero-order chi connectivity index (χ0) is 13.3. The summed E-state index contributed by atoms with van der Waals surface area (Å²) < 4.78 is 6.13. The third-order valence-corrected chi connectivity index (χ3v) is 5.15. The van der Waals surface area contributed by atoms with E-state index in [4.69, 9.17) is 3.79 Å². The zero-order valence-corrected chi connectivity index (χ0v) is 13.6. The first-order valence-electron chi connectivity index (χ1n) is 7.01. The number of aliphatic imine (C=N–C) groups is 1. The molecule has 0 radical (unpaired) electrons. The molecule has 2 nitrogen and oxygen atoms in total. The molecular formula is C14H28AlNO. The summed E-state index contributed by atoms with van der Waals surface area (Å²) in [5.74, 6) is 1.13. The van der Waals surface area contributed by atoms with Gasteiger partial charge in [-0.15, -0.1) is 0 Å². The van der Waals surface area contributed by atoms with Crippen LogP contribution >= 0.6 is 0 Å². The molecule has 0 unspecified atom stereocenters. The van der Waals surface area contributed by atoms with E-state index in [1.165, 1.54) is 10.6 Å². The van der Waals surface area contributed by atoms with Crippen molar-refractivity contribution in [3.8, 4) is 0 Å². The molecule has 0 saturated heterocycles. The van der Waals surface area contributed by atoms with Gasteiger partial charge in [0.25, 0.3) is 0 Å². The van der Waals surface area contributed by atoms with Gasteiger partial charge in [0.15, 0.2) is 0 Å². The normalized spacial score (nSPS) is 13.1. The van der Waals surface area contributed by atoms with Crippen LogP contribution < -0.4 is 0 Å². The molecule has 0 fully saturated rings. The predicted octanol–water partition coefficient (Wildman–Crippen LogP) is 4.59. The van der Waals surface area contributed by atoms with Crippen LogP contribution in [0.5, 0.6) is 0 Å². The first-order valence-corrected chi connectivity index (χ1v) is 9.11. The number of nitrogens with zero attached hydrogens (tertiary/aromatic N) is 1. The summed E-state index contributed by atoms with van der Waals surface area (Å²) in [6.07, 6.45) is 4.11. The van der Waals surface area contributed by atoms with Gasteiger partial charge < -0.3 is 3.79 Å². The van der Waals surface area contributed by atoms with Crippen molar-refractivity contribution in [2.24, 2.45) is 4.99 Å². The molecule has 0 aromatic carbocycles. The largest absolute Gasteiger partial charge is 0.646 e. The van der Waals surface area contributed by atoms with Gasteiger partial charge in [-0.25, -0.2) is 0 Å². The minimum atomic E-state index is -0.996. The molecule has 3 heteroatoms. The molecule has 0 aromatic rings. The van der Waals surface area contributed by atoms with Crippen LogP contribution in [-0.2, 0) is 3.79 Å². The van der Waals surface area contributed by atoms with Crippen molar-refractivity contribution >= 4 is 20.2 Å². The van der Waals surface area contributed by atoms with Gasteiger partial charge >= 0.3 is 14.5 Å². The molecule has 0 N–H and O–H groups in total. The summed E-state index contributed by atoms with van der Waals surface area (Å²) in [4.78, 5) is 4.62. The first kappa shape index (κ1) is 16.7. The highest BCUT2D eigenvalue weighted by Gasteiger charge is 2.18. The lowest BCUT2D eigenvalue weighted by Crippen LogP contribution is -2.15. The second-order valence-electron chi connectivity index (χ2n) is 4.59. The van der Waals surface area contributed by atoms with E-state index in [0.29, 0.717) is 6.04 Å². The fourth-order valence-electron chi connectivity index (χ4n) is 1.64. The monoisotopic (exact) mass is 253 g/mol. The average Bonchev–Trinajstić information content (AvgIpc) is 2.32. The quantitative estimate of drug-likeness (QED) is 0.352. The summed E-state index contributed by atoms with van der Waals surface area (Å²) >= 11 is -0.996. The summed E-state index contributed by atoms with van der Waals surface area (Å²) in [5.41, 5.74) is 1.16. The maximum atomic E-state index is 6.13. The minimum absolute atomic E-state index is 0.365. The third-order valence-electron chi connectivity index (χ3n) is 2.69. The molecule has 98 valence electrons. The van der Waals surface area contributed by atoms with Crippen LogP contribution in [0.15, 0.2) is 16.8 Å². The Morgan fingerprint density at radius 2 is 1.71 bits per heavy atom. The minimum Gasteiger partial charge on any atom is -0.646 e. The molecule has 0 spiro atoms. The Morgan fingerprint density at radius 1 is 1.12 bits per heavy atom. The Labute approximate surface area is 112 Å². The molecule has 0 aliphatic rings. The lowest BCUT2D eigenvalue weighted by atomic mass is 10.2. The number of hydrogen-bond acceptors (Lipinski definition) is 2. The molecule has 0 aromatic heterocycles. The molecule has 0 atom stereocenters. The summed E-state index contributed by atoms with van der Waals surface area (Å²) in [6, 6.07) is 0.365. The van der Waals surface area contributed by atoms with Crippen LogP contribution in [-0.4, -0.2) is 26.2 Å². The van der Waals surface area contributed by atoms with Crippen molar-refractivity contribution in [1.82, 2.24) is 0 Å². The molecular weight excluding hydrogens is 225 g/mol. The number of allylic oxidation sites excluding steroid dienone is 2. The van der Waals surface area contributed by atoms with Gasteiger partial charge in [-0.05, 0) is 32.8 Å². The maximum absolute atomic E-state index is 6.13. The summed E-state index contributed by atoms with van der Waals surface area (Å²) in [7, 11) is 0. The SMILES string of the molecule is CCC(/C=C(/CC)[O][Al]([CH2]C)[CH2]C)=NC(C)C. The second kappa shape index (κ2) is 9.74. The maximum Gasteiger partial charge on any atom is 0.546 e. The molecule has 0 heterocycles. The van der Waals surface area contributed by atoms with E-state index in [-0.39, 0.29) is 0 Å². The van der Waals surface area contributed by atoms with Crippen LogP contribution in [0.3, 0.4) is 0 Å². The highest BCUT2D eigenvalue weighted by Crippen LogP contribution is 2.11. The van der Waals surface area contributed by atoms with E-state index in [0.717, 1.165) is 24.3 Å². The van der Waals surface area contributed by atoms with E-state index >= 15 is 0 Å². The van der Waals surface area contributed by atoms with Crippen molar-refractivity contribution < 1.29 is 3.79 Å². The molecule has 0 amide bonds. The molecule has 0 saturated carbocycles. The van der Waals surface area contributed by atoms with E-state index in [2.05, 4.69) is 52.6 Å². The van der Waals surface area contributed by atoms with Crippen molar-refractivity contribution in [2.75, 3.05) is 0 Å². The zero-order valence-electron chi connectivity index (χ0n) is 12.4. The van der Waals surface area contributed by atoms with Crippen molar-refractivity contribution in [3.05, 3.63) is 11.8 Å². The average molecular weight is 253 g/mol. The summed E-state index contributed by atoms with van der Waals surface area (Å²) in [5, 5.41) is 2.41. The van der Waals surface area contributed by atoms with E-state index < -0.39 is 14.5 Å². The standard InChI is InChI=1S/C10H19NO.2C2H5.Al/c1-5-9(11-8(3)4)7-10(12)6-2;2*1-2;/h7-8,12H,5-6H2,1-4H3;2*1H2,2H3;/q;;;+1/p-1/b10-7-,11-9?;;;. The number of rotatable bonds is 8. The van der Waals surface area contributed by atoms with Gasteiger partial charge in [-0.3, -0.25) is 4.99 Å². The molecule has 0 rings (SSSR count). The summed E-state index contributed by atoms with van der Waals surface area (Å²) in [6.45, 7) is 13.0. The van der Waals surface area contributed by atoms with Crippen LogP contribution in [0.25, 0.3) is 0 Å². The fourth-order valence-corrected chi connectivity index (χ4v) is 3.21. The first-order chi connectivity index (χ1) is 8.07. The molecule has 0 aliphatic carbocycles. The van der Waals surface area contributed by atoms with Crippen LogP contribution in [0.1, 0.15) is 54.4 Å². The fraction of sp³-hybridized carbons (Fsp3) is 0.786. The van der Waals surface area contributed by atoms with Crippen molar-refractivity contribution in [2.45, 2.75) is 71.0 Å². The van der Waals surface area contributed by atoms with E-state index in [9.17, 15) is 0 Å². The van der Waals surface area contributed by atoms with Gasteiger partial charge in [0.1, 0.15) is 0 Å². The Morgan fingerprint density at radius 3 is 2.06 bits per heavy atom.